The molecule has 2 atom stereocenters. The van der Waals surface area contributed by atoms with Crippen LogP contribution in [-0.4, -0.2) is 22.1 Å². The maximum Gasteiger partial charge on any atom is 0.333 e. The minimum atomic E-state index is -4.01. The average molecular weight is 340 g/mol. The summed E-state index contributed by atoms with van der Waals surface area (Å²) < 4.78 is 17.1. The molecule has 2 rings (SSSR count). The first-order valence-electron chi connectivity index (χ1n) is 6.74. The Bertz CT molecular complexity index is 641. The maximum absolute atomic E-state index is 12.1. The van der Waals surface area contributed by atoms with E-state index in [-0.39, 0.29) is 12.6 Å². The van der Waals surface area contributed by atoms with Gasteiger partial charge in [0.25, 0.3) is 0 Å². The van der Waals surface area contributed by atoms with Gasteiger partial charge in [-0.15, -0.1) is 0 Å². The molecule has 0 saturated carbocycles. The number of carbonyl (C=O) groups is 1. The van der Waals surface area contributed by atoms with E-state index in [9.17, 15) is 19.4 Å². The number of aryl methyl sites for hydroxylation is 1. The van der Waals surface area contributed by atoms with E-state index in [1.165, 1.54) is 11.3 Å². The Balaban J connectivity index is 1.97. The molecule has 5 nitrogen and oxygen atoms in total. The lowest BCUT2D eigenvalue weighted by atomic mass is 10.1. The van der Waals surface area contributed by atoms with Crippen LogP contribution in [0.2, 0.25) is 0 Å². The zero-order valence-corrected chi connectivity index (χ0v) is 13.5. The fourth-order valence-corrected chi connectivity index (χ4v) is 4.05. The predicted molar refractivity (Wildman–Crippen MR) is 85.1 cm³/mol. The second-order valence-electron chi connectivity index (χ2n) is 4.88. The Morgan fingerprint density at radius 3 is 2.55 bits per heavy atom. The van der Waals surface area contributed by atoms with Crippen molar-refractivity contribution >= 4 is 24.9 Å². The van der Waals surface area contributed by atoms with Crippen LogP contribution in [0.5, 0.6) is 0 Å². The van der Waals surface area contributed by atoms with Crippen molar-refractivity contribution in [1.29, 1.82) is 0 Å². The molecule has 22 heavy (non-hydrogen) atoms. The summed E-state index contributed by atoms with van der Waals surface area (Å²) >= 11 is 1.52. The Kier molecular flexibility index (Phi) is 5.91. The van der Waals surface area contributed by atoms with Crippen molar-refractivity contribution in [2.75, 3.05) is 0 Å². The second kappa shape index (κ2) is 7.70. The quantitative estimate of drug-likeness (QED) is 0.718. The van der Waals surface area contributed by atoms with Crippen molar-refractivity contribution < 1.29 is 23.9 Å². The molecule has 118 valence electrons. The van der Waals surface area contributed by atoms with Gasteiger partial charge in [-0.2, -0.15) is 11.3 Å². The molecule has 7 heteroatoms. The van der Waals surface area contributed by atoms with Crippen LogP contribution in [0.4, 0.5) is 0 Å². The van der Waals surface area contributed by atoms with Gasteiger partial charge in [0.05, 0.1) is 6.16 Å². The average Bonchev–Trinajstić information content (AvgIpc) is 2.97. The van der Waals surface area contributed by atoms with Crippen LogP contribution < -0.4 is 0 Å². The molecule has 2 aromatic rings. The lowest BCUT2D eigenvalue weighted by Gasteiger charge is -2.18. The van der Waals surface area contributed by atoms with Crippen molar-refractivity contribution in [3.05, 3.63) is 58.3 Å². The van der Waals surface area contributed by atoms with E-state index in [1.807, 2.05) is 16.8 Å². The number of carboxylic acids is 1. The van der Waals surface area contributed by atoms with Crippen LogP contribution in [0.25, 0.3) is 0 Å². The maximum atomic E-state index is 12.1. The molecule has 0 radical (unpaired) electrons. The summed E-state index contributed by atoms with van der Waals surface area (Å²) in [7, 11) is -4.01. The highest BCUT2D eigenvalue weighted by Crippen LogP contribution is 2.47. The van der Waals surface area contributed by atoms with Gasteiger partial charge in [0.1, 0.15) is 0 Å². The summed E-state index contributed by atoms with van der Waals surface area (Å²) in [5.41, 5.74) is 1.63. The SMILES string of the molecule is O=C(O)C(CCc1ccsc1)OP(=O)(O)Cc1ccccc1. The summed E-state index contributed by atoms with van der Waals surface area (Å²) in [4.78, 5) is 21.2. The zero-order valence-electron chi connectivity index (χ0n) is 11.8. The molecule has 0 aliphatic heterocycles. The van der Waals surface area contributed by atoms with E-state index >= 15 is 0 Å². The molecule has 0 fully saturated rings. The highest BCUT2D eigenvalue weighted by atomic mass is 32.1. The monoisotopic (exact) mass is 340 g/mol. The van der Waals surface area contributed by atoms with Crippen molar-refractivity contribution in [1.82, 2.24) is 0 Å². The number of carboxylic acid groups (broad SMARTS) is 1. The zero-order chi connectivity index (χ0) is 16.0. The fraction of sp³-hybridized carbons (Fsp3) is 0.267. The number of aliphatic carboxylic acids is 1. The van der Waals surface area contributed by atoms with Gasteiger partial charge in [-0.05, 0) is 40.8 Å². The van der Waals surface area contributed by atoms with Crippen LogP contribution >= 0.6 is 18.9 Å². The van der Waals surface area contributed by atoms with E-state index in [2.05, 4.69) is 0 Å². The van der Waals surface area contributed by atoms with Crippen molar-refractivity contribution in [3.8, 4) is 0 Å². The first-order valence-corrected chi connectivity index (χ1v) is 9.45. The molecular formula is C15H17O5PS. The number of hydrogen-bond donors (Lipinski definition) is 2. The van der Waals surface area contributed by atoms with E-state index in [0.717, 1.165) is 5.56 Å². The third-order valence-electron chi connectivity index (χ3n) is 3.07. The lowest BCUT2D eigenvalue weighted by Crippen LogP contribution is -2.23. The van der Waals surface area contributed by atoms with Gasteiger partial charge in [-0.25, -0.2) is 4.79 Å². The number of thiophene rings is 1. The van der Waals surface area contributed by atoms with E-state index in [1.54, 1.807) is 30.3 Å². The summed E-state index contributed by atoms with van der Waals surface area (Å²) in [5.74, 6) is -1.22. The molecule has 1 aromatic heterocycles. The molecule has 0 aliphatic rings. The van der Waals surface area contributed by atoms with Crippen molar-refractivity contribution in [2.45, 2.75) is 25.1 Å². The molecule has 1 heterocycles. The third kappa shape index (κ3) is 5.39. The minimum absolute atomic E-state index is 0.158. The Morgan fingerprint density at radius 2 is 1.95 bits per heavy atom. The Labute approximate surface area is 132 Å². The first-order chi connectivity index (χ1) is 10.5. The lowest BCUT2D eigenvalue weighted by molar-refractivity contribution is -0.145. The molecule has 1 aromatic carbocycles. The van der Waals surface area contributed by atoms with E-state index < -0.39 is 19.7 Å². The molecule has 0 amide bonds. The largest absolute Gasteiger partial charge is 0.479 e. The topological polar surface area (TPSA) is 83.8 Å². The summed E-state index contributed by atoms with van der Waals surface area (Å²) in [5, 5.41) is 13.0. The van der Waals surface area contributed by atoms with Gasteiger partial charge in [0.15, 0.2) is 6.10 Å². The van der Waals surface area contributed by atoms with Gasteiger partial charge >= 0.3 is 13.6 Å². The van der Waals surface area contributed by atoms with Gasteiger partial charge < -0.3 is 10.00 Å². The molecule has 0 aliphatic carbocycles. The Morgan fingerprint density at radius 1 is 1.23 bits per heavy atom. The highest BCUT2D eigenvalue weighted by molar-refractivity contribution is 7.52. The smallest absolute Gasteiger partial charge is 0.333 e. The molecular weight excluding hydrogens is 323 g/mol. The normalized spacial score (nSPS) is 15.1. The standard InChI is InChI=1S/C15H17O5PS/c16-15(17)14(7-6-13-8-9-22-11-13)20-21(18,19)10-12-4-2-1-3-5-12/h1-5,8-9,11,14H,6-7,10H2,(H,16,17)(H,18,19). The number of hydrogen-bond acceptors (Lipinski definition) is 4. The minimum Gasteiger partial charge on any atom is -0.479 e. The Hall–Kier alpha value is -1.46. The molecule has 0 spiro atoms. The fourth-order valence-electron chi connectivity index (χ4n) is 2.00. The van der Waals surface area contributed by atoms with Gasteiger partial charge in [-0.1, -0.05) is 30.3 Å². The highest BCUT2D eigenvalue weighted by Gasteiger charge is 2.29. The summed E-state index contributed by atoms with van der Waals surface area (Å²) in [6.07, 6.45) is -0.841. The molecule has 2 N–H and O–H groups in total. The first kappa shape index (κ1) is 16.9. The van der Waals surface area contributed by atoms with Gasteiger partial charge in [0.2, 0.25) is 0 Å². The molecule has 0 saturated heterocycles. The van der Waals surface area contributed by atoms with Crippen LogP contribution in [-0.2, 0) is 26.5 Å². The van der Waals surface area contributed by atoms with Crippen molar-refractivity contribution in [2.24, 2.45) is 0 Å². The molecule has 0 bridgehead atoms. The van der Waals surface area contributed by atoms with Crippen LogP contribution in [0, 0.1) is 0 Å². The van der Waals surface area contributed by atoms with E-state index in [0.29, 0.717) is 12.0 Å². The number of rotatable bonds is 8. The second-order valence-corrected chi connectivity index (χ2v) is 7.47. The molecule has 2 unspecified atom stereocenters. The van der Waals surface area contributed by atoms with Gasteiger partial charge in [-0.3, -0.25) is 9.09 Å². The van der Waals surface area contributed by atoms with Crippen molar-refractivity contribution in [3.63, 3.8) is 0 Å². The van der Waals surface area contributed by atoms with Crippen LogP contribution in [0.15, 0.2) is 47.2 Å². The third-order valence-corrected chi connectivity index (χ3v) is 5.15. The van der Waals surface area contributed by atoms with Crippen LogP contribution in [0.1, 0.15) is 17.5 Å². The van der Waals surface area contributed by atoms with Crippen LogP contribution in [0.3, 0.4) is 0 Å². The summed E-state index contributed by atoms with van der Waals surface area (Å²) in [6, 6.07) is 10.6. The predicted octanol–water partition coefficient (Wildman–Crippen LogP) is 3.54. The summed E-state index contributed by atoms with van der Waals surface area (Å²) in [6.45, 7) is 0. The number of benzene rings is 1. The van der Waals surface area contributed by atoms with E-state index in [4.69, 9.17) is 4.52 Å². The van der Waals surface area contributed by atoms with Gasteiger partial charge in [0, 0.05) is 0 Å².